The van der Waals surface area contributed by atoms with Crippen LogP contribution in [-0.4, -0.2) is 56.3 Å². The summed E-state index contributed by atoms with van der Waals surface area (Å²) in [5.74, 6) is 0.961. The maximum Gasteiger partial charge on any atom is 0.234 e. The summed E-state index contributed by atoms with van der Waals surface area (Å²) < 4.78 is 12.0. The smallest absolute Gasteiger partial charge is 0.234 e. The van der Waals surface area contributed by atoms with Crippen LogP contribution in [0.4, 0.5) is 0 Å². The molecule has 0 radical (unpaired) electrons. The topological polar surface area (TPSA) is 50.8 Å². The molecule has 1 fully saturated rings. The summed E-state index contributed by atoms with van der Waals surface area (Å²) in [5, 5.41) is 3.05. The average Bonchev–Trinajstić information content (AvgIpc) is 2.97. The monoisotopic (exact) mass is 410 g/mol. The van der Waals surface area contributed by atoms with Crippen molar-refractivity contribution in [2.75, 3.05) is 39.9 Å². The van der Waals surface area contributed by atoms with Crippen molar-refractivity contribution < 1.29 is 14.3 Å². The van der Waals surface area contributed by atoms with E-state index in [-0.39, 0.29) is 11.5 Å². The molecule has 0 bridgehead atoms. The number of benzene rings is 2. The van der Waals surface area contributed by atoms with Crippen LogP contribution in [0.3, 0.4) is 0 Å². The van der Waals surface area contributed by atoms with Crippen LogP contribution in [0.2, 0.25) is 0 Å². The molecule has 5 nitrogen and oxygen atoms in total. The Morgan fingerprint density at radius 2 is 1.83 bits per heavy atom. The summed E-state index contributed by atoms with van der Waals surface area (Å²) in [6.07, 6.45) is 3.63. The van der Waals surface area contributed by atoms with Gasteiger partial charge < -0.3 is 14.8 Å². The van der Waals surface area contributed by atoms with Crippen LogP contribution in [0.1, 0.15) is 30.4 Å². The van der Waals surface area contributed by atoms with Gasteiger partial charge in [0.05, 0.1) is 6.54 Å². The van der Waals surface area contributed by atoms with Gasteiger partial charge in [0, 0.05) is 20.2 Å². The molecule has 1 aliphatic heterocycles. The third kappa shape index (κ3) is 6.85. The quantitative estimate of drug-likeness (QED) is 0.686. The third-order valence-corrected chi connectivity index (χ3v) is 5.89. The summed E-state index contributed by atoms with van der Waals surface area (Å²) in [7, 11) is 1.77. The largest absolute Gasteiger partial charge is 0.491 e. The van der Waals surface area contributed by atoms with E-state index >= 15 is 0 Å². The Morgan fingerprint density at radius 3 is 2.57 bits per heavy atom. The van der Waals surface area contributed by atoms with E-state index in [4.69, 9.17) is 9.47 Å². The zero-order valence-electron chi connectivity index (χ0n) is 18.2. The number of nitrogens with one attached hydrogen (secondary N) is 1. The molecule has 2 aromatic rings. The number of hydrogen-bond acceptors (Lipinski definition) is 4. The molecule has 5 heteroatoms. The number of nitrogens with zero attached hydrogens (tertiary/aromatic N) is 1. The van der Waals surface area contributed by atoms with Gasteiger partial charge in [-0.3, -0.25) is 9.69 Å². The van der Waals surface area contributed by atoms with Gasteiger partial charge in [0.2, 0.25) is 5.91 Å². The first-order chi connectivity index (χ1) is 14.6. The van der Waals surface area contributed by atoms with Crippen molar-refractivity contribution in [1.82, 2.24) is 10.2 Å². The van der Waals surface area contributed by atoms with Gasteiger partial charge in [0.1, 0.15) is 18.0 Å². The molecular formula is C25H34N2O3. The molecule has 1 aliphatic rings. The summed E-state index contributed by atoms with van der Waals surface area (Å²) in [5.41, 5.74) is 2.16. The molecule has 0 aliphatic carbocycles. The molecular weight excluding hydrogens is 376 g/mol. The number of aryl methyl sites for hydroxylation is 1. The minimum Gasteiger partial charge on any atom is -0.491 e. The summed E-state index contributed by atoms with van der Waals surface area (Å²) >= 11 is 0. The number of rotatable bonds is 9. The normalized spacial score (nSPS) is 19.8. The third-order valence-electron chi connectivity index (χ3n) is 5.89. The highest BCUT2D eigenvalue weighted by molar-refractivity contribution is 5.78. The van der Waals surface area contributed by atoms with Gasteiger partial charge >= 0.3 is 0 Å². The van der Waals surface area contributed by atoms with Crippen LogP contribution in [0.5, 0.6) is 5.75 Å². The predicted molar refractivity (Wildman–Crippen MR) is 120 cm³/mol. The maximum atomic E-state index is 12.4. The van der Waals surface area contributed by atoms with Gasteiger partial charge in [0.15, 0.2) is 0 Å². The fourth-order valence-electron chi connectivity index (χ4n) is 3.89. The molecule has 0 saturated carbocycles. The Bertz CT molecular complexity index is 779. The van der Waals surface area contributed by atoms with E-state index in [1.807, 2.05) is 30.3 Å². The molecule has 1 amide bonds. The van der Waals surface area contributed by atoms with Gasteiger partial charge in [0.25, 0.3) is 0 Å². The molecule has 162 valence electrons. The van der Waals surface area contributed by atoms with E-state index in [1.54, 1.807) is 7.11 Å². The number of ether oxygens (including phenoxy) is 2. The van der Waals surface area contributed by atoms with Gasteiger partial charge in [-0.05, 0) is 56.8 Å². The van der Waals surface area contributed by atoms with Crippen molar-refractivity contribution in [2.24, 2.45) is 0 Å². The lowest BCUT2D eigenvalue weighted by Crippen LogP contribution is -2.41. The van der Waals surface area contributed by atoms with Crippen molar-refractivity contribution >= 4 is 5.91 Å². The van der Waals surface area contributed by atoms with E-state index in [0.717, 1.165) is 44.5 Å². The number of amides is 1. The lowest BCUT2D eigenvalue weighted by Gasteiger charge is -2.31. The summed E-state index contributed by atoms with van der Waals surface area (Å²) in [6, 6.07) is 18.3. The van der Waals surface area contributed by atoms with Gasteiger partial charge in [-0.15, -0.1) is 0 Å². The molecule has 3 rings (SSSR count). The highest BCUT2D eigenvalue weighted by Gasteiger charge is 2.34. The van der Waals surface area contributed by atoms with Crippen LogP contribution in [0, 0.1) is 6.92 Å². The molecule has 1 atom stereocenters. The lowest BCUT2D eigenvalue weighted by molar-refractivity contribution is -0.122. The first kappa shape index (κ1) is 22.3. The zero-order chi connectivity index (χ0) is 21.2. The molecule has 1 N–H and O–H groups in total. The second-order valence-electron chi connectivity index (χ2n) is 8.20. The van der Waals surface area contributed by atoms with Gasteiger partial charge in [-0.25, -0.2) is 0 Å². The predicted octanol–water partition coefficient (Wildman–Crippen LogP) is 3.60. The summed E-state index contributed by atoms with van der Waals surface area (Å²) in [6.45, 7) is 5.44. The van der Waals surface area contributed by atoms with Crippen LogP contribution < -0.4 is 10.1 Å². The van der Waals surface area contributed by atoms with Crippen molar-refractivity contribution in [1.29, 1.82) is 0 Å². The average molecular weight is 411 g/mol. The fourth-order valence-corrected chi connectivity index (χ4v) is 3.89. The highest BCUT2D eigenvalue weighted by atomic mass is 16.5. The molecule has 1 unspecified atom stereocenters. The number of hydrogen-bond donors (Lipinski definition) is 1. The molecule has 2 aromatic carbocycles. The molecule has 1 saturated heterocycles. The molecule has 0 spiro atoms. The number of methoxy groups -OCH3 is 1. The highest BCUT2D eigenvalue weighted by Crippen LogP contribution is 2.27. The Balaban J connectivity index is 1.43. The van der Waals surface area contributed by atoms with E-state index in [9.17, 15) is 4.79 Å². The zero-order valence-corrected chi connectivity index (χ0v) is 18.2. The summed E-state index contributed by atoms with van der Waals surface area (Å²) in [4.78, 5) is 14.6. The lowest BCUT2D eigenvalue weighted by atomic mass is 9.95. The second-order valence-corrected chi connectivity index (χ2v) is 8.20. The number of likely N-dealkylation sites (tertiary alicyclic amines) is 1. The Labute approximate surface area is 180 Å². The maximum absolute atomic E-state index is 12.4. The standard InChI is InChI=1S/C25H34N2O3/c1-21-9-11-23(12-10-21)30-20-25(29-2)14-6-17-27(18-15-25)19-24(28)26-16-13-22-7-4-3-5-8-22/h3-5,7-12H,6,13-20H2,1-2H3,(H,26,28). The first-order valence-corrected chi connectivity index (χ1v) is 10.9. The van der Waals surface area contributed by atoms with E-state index in [0.29, 0.717) is 19.7 Å². The minimum atomic E-state index is -0.302. The molecule has 0 aromatic heterocycles. The van der Waals surface area contributed by atoms with Crippen LogP contribution in [0.25, 0.3) is 0 Å². The SMILES string of the molecule is COC1(COc2ccc(C)cc2)CCCN(CC(=O)NCCc2ccccc2)CC1. The Morgan fingerprint density at radius 1 is 1.07 bits per heavy atom. The van der Waals surface area contributed by atoms with Crippen molar-refractivity contribution in [3.05, 3.63) is 65.7 Å². The number of carbonyl (C=O) groups excluding carboxylic acids is 1. The second kappa shape index (κ2) is 11.1. The van der Waals surface area contributed by atoms with Gasteiger partial charge in [-0.2, -0.15) is 0 Å². The van der Waals surface area contributed by atoms with E-state index < -0.39 is 0 Å². The van der Waals surface area contributed by atoms with E-state index in [1.165, 1.54) is 11.1 Å². The number of carbonyl (C=O) groups is 1. The first-order valence-electron chi connectivity index (χ1n) is 10.9. The van der Waals surface area contributed by atoms with Crippen molar-refractivity contribution in [3.8, 4) is 5.75 Å². The van der Waals surface area contributed by atoms with Crippen LogP contribution >= 0.6 is 0 Å². The molecule has 30 heavy (non-hydrogen) atoms. The molecule has 1 heterocycles. The van der Waals surface area contributed by atoms with E-state index in [2.05, 4.69) is 41.4 Å². The van der Waals surface area contributed by atoms with Crippen molar-refractivity contribution in [2.45, 2.75) is 38.2 Å². The minimum absolute atomic E-state index is 0.0896. The Kier molecular flexibility index (Phi) is 8.29. The Hall–Kier alpha value is -2.37. The fraction of sp³-hybridized carbons (Fsp3) is 0.480. The van der Waals surface area contributed by atoms with Gasteiger partial charge in [-0.1, -0.05) is 48.0 Å². The van der Waals surface area contributed by atoms with Crippen molar-refractivity contribution in [3.63, 3.8) is 0 Å². The van der Waals surface area contributed by atoms with Crippen LogP contribution in [0.15, 0.2) is 54.6 Å². The van der Waals surface area contributed by atoms with Crippen LogP contribution in [-0.2, 0) is 16.0 Å².